The van der Waals surface area contributed by atoms with Gasteiger partial charge in [-0.1, -0.05) is 0 Å². The van der Waals surface area contributed by atoms with Gasteiger partial charge in [0, 0.05) is 12.6 Å². The van der Waals surface area contributed by atoms with Crippen molar-refractivity contribution in [2.75, 3.05) is 13.6 Å². The topological polar surface area (TPSA) is 54.0 Å². The lowest BCUT2D eigenvalue weighted by Gasteiger charge is -2.10. The Morgan fingerprint density at radius 1 is 1.60 bits per heavy atom. The fourth-order valence-electron chi connectivity index (χ4n) is 0.949. The van der Waals surface area contributed by atoms with Crippen LogP contribution in [0.5, 0.6) is 0 Å². The molecule has 0 radical (unpaired) electrons. The molecule has 0 saturated heterocycles. The zero-order valence-electron chi connectivity index (χ0n) is 8.75. The number of nitrogens with one attached hydrogen (secondary N) is 2. The van der Waals surface area contributed by atoms with E-state index < -0.39 is 5.82 Å². The van der Waals surface area contributed by atoms with Crippen molar-refractivity contribution in [1.29, 1.82) is 0 Å². The van der Waals surface area contributed by atoms with Crippen LogP contribution in [0.4, 0.5) is 4.39 Å². The number of likely N-dealkylation sites (N-methyl/N-ethyl adjacent to an activating group) is 1. The number of halogens is 1. The first-order valence-electron chi connectivity index (χ1n) is 4.70. The summed E-state index contributed by atoms with van der Waals surface area (Å²) in [5.74, 6) is -0.743. The molecular weight excluding hydrogens is 197 g/mol. The number of rotatable bonds is 4. The van der Waals surface area contributed by atoms with E-state index in [0.29, 0.717) is 6.54 Å². The zero-order chi connectivity index (χ0) is 11.3. The Morgan fingerprint density at radius 3 is 2.87 bits per heavy atom. The van der Waals surface area contributed by atoms with E-state index >= 15 is 0 Å². The molecule has 82 valence electrons. The molecule has 0 spiro atoms. The van der Waals surface area contributed by atoms with Gasteiger partial charge in [-0.15, -0.1) is 0 Å². The van der Waals surface area contributed by atoms with Gasteiger partial charge in [0.25, 0.3) is 5.91 Å². The lowest BCUT2D eigenvalue weighted by atomic mass is 10.3. The number of nitrogens with zero attached hydrogens (tertiary/aromatic N) is 1. The van der Waals surface area contributed by atoms with Crippen LogP contribution in [0.25, 0.3) is 0 Å². The molecule has 5 heteroatoms. The first kappa shape index (κ1) is 11.6. The average Bonchev–Trinajstić information content (AvgIpc) is 2.26. The number of aromatic nitrogens is 1. The zero-order valence-corrected chi connectivity index (χ0v) is 8.75. The van der Waals surface area contributed by atoms with Crippen molar-refractivity contribution in [1.82, 2.24) is 15.6 Å². The molecule has 15 heavy (non-hydrogen) atoms. The maximum absolute atomic E-state index is 12.5. The van der Waals surface area contributed by atoms with E-state index in [1.807, 2.05) is 14.0 Å². The van der Waals surface area contributed by atoms with Crippen molar-refractivity contribution >= 4 is 5.91 Å². The summed E-state index contributed by atoms with van der Waals surface area (Å²) < 4.78 is 12.5. The molecule has 0 aliphatic rings. The van der Waals surface area contributed by atoms with Crippen LogP contribution < -0.4 is 10.6 Å². The molecule has 0 aromatic carbocycles. The van der Waals surface area contributed by atoms with Gasteiger partial charge in [0.1, 0.15) is 11.5 Å². The Bertz CT molecular complexity index is 326. The van der Waals surface area contributed by atoms with Crippen molar-refractivity contribution < 1.29 is 9.18 Å². The minimum atomic E-state index is -0.449. The smallest absolute Gasteiger partial charge is 0.269 e. The van der Waals surface area contributed by atoms with Gasteiger partial charge < -0.3 is 10.6 Å². The highest BCUT2D eigenvalue weighted by molar-refractivity contribution is 5.92. The lowest BCUT2D eigenvalue weighted by molar-refractivity contribution is 0.0945. The van der Waals surface area contributed by atoms with Crippen molar-refractivity contribution in [3.63, 3.8) is 0 Å². The van der Waals surface area contributed by atoms with Gasteiger partial charge in [0.15, 0.2) is 0 Å². The molecule has 1 atom stereocenters. The summed E-state index contributed by atoms with van der Waals surface area (Å²) in [6.45, 7) is 2.45. The van der Waals surface area contributed by atoms with Gasteiger partial charge in [0.2, 0.25) is 0 Å². The molecule has 1 aromatic rings. The molecule has 2 N–H and O–H groups in total. The van der Waals surface area contributed by atoms with Crippen LogP contribution in [-0.2, 0) is 0 Å². The molecule has 0 bridgehead atoms. The van der Waals surface area contributed by atoms with E-state index in [9.17, 15) is 9.18 Å². The highest BCUT2D eigenvalue weighted by atomic mass is 19.1. The maximum atomic E-state index is 12.5. The second kappa shape index (κ2) is 5.41. The first-order valence-corrected chi connectivity index (χ1v) is 4.70. The standard InChI is InChI=1S/C10H14FN3O/c1-7(12-2)5-14-10(15)9-4-3-8(11)6-13-9/h3-4,6-7,12H,5H2,1-2H3,(H,14,15). The SMILES string of the molecule is CNC(C)CNC(=O)c1ccc(F)cn1. The first-order chi connectivity index (χ1) is 7.13. The Morgan fingerprint density at radius 2 is 2.33 bits per heavy atom. The highest BCUT2D eigenvalue weighted by Crippen LogP contribution is 1.97. The normalized spacial score (nSPS) is 12.2. The molecular formula is C10H14FN3O. The number of pyridine rings is 1. The van der Waals surface area contributed by atoms with E-state index in [2.05, 4.69) is 15.6 Å². The van der Waals surface area contributed by atoms with Gasteiger partial charge in [-0.3, -0.25) is 4.79 Å². The van der Waals surface area contributed by atoms with Crippen LogP contribution >= 0.6 is 0 Å². The lowest BCUT2D eigenvalue weighted by Crippen LogP contribution is -2.37. The summed E-state index contributed by atoms with van der Waals surface area (Å²) in [6, 6.07) is 2.76. The highest BCUT2D eigenvalue weighted by Gasteiger charge is 2.07. The summed E-state index contributed by atoms with van der Waals surface area (Å²) >= 11 is 0. The van der Waals surface area contributed by atoms with E-state index in [1.165, 1.54) is 12.1 Å². The number of hydrogen-bond donors (Lipinski definition) is 2. The molecule has 0 saturated carbocycles. The van der Waals surface area contributed by atoms with E-state index in [4.69, 9.17) is 0 Å². The number of carbonyl (C=O) groups excluding carboxylic acids is 1. The van der Waals surface area contributed by atoms with Gasteiger partial charge in [-0.25, -0.2) is 9.37 Å². The average molecular weight is 211 g/mol. The van der Waals surface area contributed by atoms with Gasteiger partial charge in [0.05, 0.1) is 6.20 Å². The second-order valence-corrected chi connectivity index (χ2v) is 3.26. The monoisotopic (exact) mass is 211 g/mol. The molecule has 4 nitrogen and oxygen atoms in total. The summed E-state index contributed by atoms with van der Waals surface area (Å²) in [5.41, 5.74) is 0.222. The minimum Gasteiger partial charge on any atom is -0.349 e. The predicted octanol–water partition coefficient (Wildman–Crippen LogP) is 0.558. The Balaban J connectivity index is 2.50. The number of carbonyl (C=O) groups is 1. The van der Waals surface area contributed by atoms with Crippen molar-refractivity contribution in [3.05, 3.63) is 29.8 Å². The third-order valence-corrected chi connectivity index (χ3v) is 2.02. The molecule has 0 aliphatic heterocycles. The van der Waals surface area contributed by atoms with Crippen LogP contribution in [0.15, 0.2) is 18.3 Å². The van der Waals surface area contributed by atoms with Crippen molar-refractivity contribution in [3.8, 4) is 0 Å². The second-order valence-electron chi connectivity index (χ2n) is 3.26. The van der Waals surface area contributed by atoms with Crippen LogP contribution in [0.3, 0.4) is 0 Å². The van der Waals surface area contributed by atoms with Gasteiger partial charge in [-0.05, 0) is 26.1 Å². The number of amides is 1. The molecule has 1 aromatic heterocycles. The van der Waals surface area contributed by atoms with E-state index in [-0.39, 0.29) is 17.6 Å². The Labute approximate surface area is 87.9 Å². The van der Waals surface area contributed by atoms with Crippen LogP contribution in [0.1, 0.15) is 17.4 Å². The number of hydrogen-bond acceptors (Lipinski definition) is 3. The minimum absolute atomic E-state index is 0.189. The molecule has 1 rings (SSSR count). The van der Waals surface area contributed by atoms with Gasteiger partial charge in [-0.2, -0.15) is 0 Å². The van der Waals surface area contributed by atoms with Crippen molar-refractivity contribution in [2.24, 2.45) is 0 Å². The maximum Gasteiger partial charge on any atom is 0.269 e. The predicted molar refractivity (Wildman–Crippen MR) is 55.0 cm³/mol. The summed E-state index contributed by atoms with van der Waals surface area (Å²) in [7, 11) is 1.81. The largest absolute Gasteiger partial charge is 0.349 e. The van der Waals surface area contributed by atoms with E-state index in [0.717, 1.165) is 6.20 Å². The molecule has 1 heterocycles. The molecule has 0 fully saturated rings. The summed E-state index contributed by atoms with van der Waals surface area (Å²) in [4.78, 5) is 15.1. The van der Waals surface area contributed by atoms with Crippen LogP contribution in [-0.4, -0.2) is 30.5 Å². The quantitative estimate of drug-likeness (QED) is 0.765. The third kappa shape index (κ3) is 3.63. The van der Waals surface area contributed by atoms with Gasteiger partial charge >= 0.3 is 0 Å². The third-order valence-electron chi connectivity index (χ3n) is 2.02. The Kier molecular flexibility index (Phi) is 4.17. The molecule has 1 amide bonds. The van der Waals surface area contributed by atoms with E-state index in [1.54, 1.807) is 0 Å². The van der Waals surface area contributed by atoms with Crippen molar-refractivity contribution in [2.45, 2.75) is 13.0 Å². The van der Waals surface area contributed by atoms with Crippen LogP contribution in [0, 0.1) is 5.82 Å². The van der Waals surface area contributed by atoms with Crippen LogP contribution in [0.2, 0.25) is 0 Å². The Hall–Kier alpha value is -1.49. The summed E-state index contributed by atoms with van der Waals surface area (Å²) in [6.07, 6.45) is 1.02. The fourth-order valence-corrected chi connectivity index (χ4v) is 0.949. The summed E-state index contributed by atoms with van der Waals surface area (Å²) in [5, 5.41) is 5.67. The fraction of sp³-hybridized carbons (Fsp3) is 0.400. The molecule has 0 aliphatic carbocycles. The molecule has 1 unspecified atom stereocenters.